The van der Waals surface area contributed by atoms with Gasteiger partial charge in [0.05, 0.1) is 25.2 Å². The molecule has 1 heterocycles. The molecule has 0 saturated carbocycles. The van der Waals surface area contributed by atoms with Gasteiger partial charge in [-0.3, -0.25) is 4.79 Å². The molecule has 1 aliphatic heterocycles. The molecular weight excluding hydrogens is 302 g/mol. The average molecular weight is 324 g/mol. The van der Waals surface area contributed by atoms with Crippen molar-refractivity contribution in [3.05, 3.63) is 42.3 Å². The molecule has 1 saturated heterocycles. The van der Waals surface area contributed by atoms with Crippen molar-refractivity contribution < 1.29 is 29.6 Å². The average Bonchev–Trinajstić information content (AvgIpc) is 2.55. The predicted molar refractivity (Wildman–Crippen MR) is 81.4 cm³/mol. The Morgan fingerprint density at radius 2 is 2.04 bits per heavy atom. The molecule has 6 atom stereocenters. The van der Waals surface area contributed by atoms with Crippen molar-refractivity contribution in [3.63, 3.8) is 0 Å². The lowest BCUT2D eigenvalue weighted by Gasteiger charge is -2.41. The van der Waals surface area contributed by atoms with Crippen molar-refractivity contribution in [2.45, 2.75) is 43.7 Å². The highest BCUT2D eigenvalue weighted by atomic mass is 16.6. The summed E-state index contributed by atoms with van der Waals surface area (Å²) >= 11 is 0. The van der Waals surface area contributed by atoms with Crippen LogP contribution in [0.1, 0.15) is 17.3 Å². The maximum atomic E-state index is 12.1. The number of aliphatic hydroxyl groups excluding tert-OH is 3. The molecule has 1 unspecified atom stereocenters. The Balaban J connectivity index is 1.97. The highest BCUT2D eigenvalue weighted by Gasteiger charge is 2.44. The lowest BCUT2D eigenvalue weighted by Crippen LogP contribution is -2.63. The van der Waals surface area contributed by atoms with E-state index in [0.717, 1.165) is 0 Å². The molecule has 5 N–H and O–H groups in total. The van der Waals surface area contributed by atoms with E-state index in [2.05, 4.69) is 0 Å². The first-order valence-corrected chi connectivity index (χ1v) is 7.41. The van der Waals surface area contributed by atoms with Crippen LogP contribution in [0.25, 0.3) is 0 Å². The van der Waals surface area contributed by atoms with Crippen LogP contribution in [0.3, 0.4) is 0 Å². The number of nitrogens with two attached hydrogens (primary N) is 1. The summed E-state index contributed by atoms with van der Waals surface area (Å²) in [5.74, 6) is -0.215. The van der Waals surface area contributed by atoms with Gasteiger partial charge in [-0.25, -0.2) is 0 Å². The summed E-state index contributed by atoms with van der Waals surface area (Å²) in [5.41, 5.74) is 6.30. The summed E-state index contributed by atoms with van der Waals surface area (Å²) in [6, 6.07) is 7.71. The van der Waals surface area contributed by atoms with E-state index < -0.39 is 43.4 Å². The fourth-order valence-electron chi connectivity index (χ4n) is 2.47. The first-order chi connectivity index (χ1) is 10.9. The van der Waals surface area contributed by atoms with Gasteiger partial charge in [0.15, 0.2) is 12.1 Å². The van der Waals surface area contributed by atoms with Gasteiger partial charge in [-0.15, -0.1) is 0 Å². The van der Waals surface area contributed by atoms with Crippen LogP contribution in [0.15, 0.2) is 30.3 Å². The first kappa shape index (κ1) is 18.0. The van der Waals surface area contributed by atoms with E-state index in [9.17, 15) is 15.0 Å². The Hall–Kier alpha value is -1.35. The third kappa shape index (κ3) is 4.35. The SMILES string of the molecule is CC([CH]C(=O)c1ccccc1)O[C@@H]1[C@@H](N)[C@@H](O)O[C@H](CO)[C@H]1O. The van der Waals surface area contributed by atoms with E-state index in [-0.39, 0.29) is 5.78 Å². The van der Waals surface area contributed by atoms with Crippen molar-refractivity contribution in [1.82, 2.24) is 0 Å². The van der Waals surface area contributed by atoms with Gasteiger partial charge in [-0.1, -0.05) is 30.3 Å². The Morgan fingerprint density at radius 3 is 2.65 bits per heavy atom. The second-order valence-corrected chi connectivity index (χ2v) is 5.52. The van der Waals surface area contributed by atoms with Gasteiger partial charge in [0.25, 0.3) is 0 Å². The fourth-order valence-corrected chi connectivity index (χ4v) is 2.47. The number of carbonyl (C=O) groups is 1. The predicted octanol–water partition coefficient (Wildman–Crippen LogP) is -0.755. The van der Waals surface area contributed by atoms with E-state index in [0.29, 0.717) is 5.56 Å². The third-order valence-electron chi connectivity index (χ3n) is 3.74. The molecule has 1 aromatic carbocycles. The molecule has 1 aliphatic rings. The highest BCUT2D eigenvalue weighted by Crippen LogP contribution is 2.23. The monoisotopic (exact) mass is 324 g/mol. The van der Waals surface area contributed by atoms with Gasteiger partial charge in [0, 0.05) is 5.56 Å². The molecular formula is C16H22NO6. The molecule has 0 bridgehead atoms. The molecule has 7 heteroatoms. The summed E-state index contributed by atoms with van der Waals surface area (Å²) in [4.78, 5) is 12.1. The van der Waals surface area contributed by atoms with Crippen molar-refractivity contribution in [1.29, 1.82) is 0 Å². The minimum absolute atomic E-state index is 0.215. The summed E-state index contributed by atoms with van der Waals surface area (Å²) in [7, 11) is 0. The molecule has 7 nitrogen and oxygen atoms in total. The molecule has 1 radical (unpaired) electrons. The Morgan fingerprint density at radius 1 is 1.39 bits per heavy atom. The second-order valence-electron chi connectivity index (χ2n) is 5.52. The zero-order chi connectivity index (χ0) is 17.0. The zero-order valence-corrected chi connectivity index (χ0v) is 12.8. The Labute approximate surface area is 134 Å². The molecule has 0 spiro atoms. The number of ketones is 1. The molecule has 127 valence electrons. The standard InChI is InChI=1S/C16H22NO6/c1-9(7-11(19)10-5-3-2-4-6-10)22-15-13(17)16(21)23-12(8-18)14(15)20/h2-7,9,12-16,18,20-21H,8,17H2,1H3/t9?,12-,13-,14-,15-,16+/m1/s1. The van der Waals surface area contributed by atoms with Gasteiger partial charge in [-0.2, -0.15) is 0 Å². The number of rotatable bonds is 6. The summed E-state index contributed by atoms with van der Waals surface area (Å²) in [5, 5.41) is 29.0. The van der Waals surface area contributed by atoms with E-state index in [1.54, 1.807) is 31.2 Å². The second kappa shape index (κ2) is 7.96. The third-order valence-corrected chi connectivity index (χ3v) is 3.74. The smallest absolute Gasteiger partial charge is 0.173 e. The topological polar surface area (TPSA) is 122 Å². The number of aliphatic hydroxyl groups is 3. The minimum atomic E-state index is -1.36. The number of benzene rings is 1. The molecule has 2 rings (SSSR count). The van der Waals surface area contributed by atoms with Crippen LogP contribution >= 0.6 is 0 Å². The fraction of sp³-hybridized carbons (Fsp3) is 0.500. The van der Waals surface area contributed by atoms with E-state index >= 15 is 0 Å². The van der Waals surface area contributed by atoms with Gasteiger partial charge >= 0.3 is 0 Å². The summed E-state index contributed by atoms with van der Waals surface area (Å²) in [6.45, 7) is 1.15. The highest BCUT2D eigenvalue weighted by molar-refractivity contribution is 6.02. The zero-order valence-electron chi connectivity index (χ0n) is 12.8. The van der Waals surface area contributed by atoms with Crippen molar-refractivity contribution in [2.24, 2.45) is 5.73 Å². The molecule has 0 aliphatic carbocycles. The van der Waals surface area contributed by atoms with Crippen LogP contribution in [0.5, 0.6) is 0 Å². The maximum Gasteiger partial charge on any atom is 0.173 e. The minimum Gasteiger partial charge on any atom is -0.394 e. The van der Waals surface area contributed by atoms with Crippen molar-refractivity contribution in [3.8, 4) is 0 Å². The van der Waals surface area contributed by atoms with Crippen LogP contribution in [-0.4, -0.2) is 64.5 Å². The Bertz CT molecular complexity index is 511. The van der Waals surface area contributed by atoms with Crippen LogP contribution in [0.4, 0.5) is 0 Å². The van der Waals surface area contributed by atoms with Gasteiger partial charge in [-0.05, 0) is 6.92 Å². The van der Waals surface area contributed by atoms with Crippen molar-refractivity contribution >= 4 is 5.78 Å². The normalized spacial score (nSPS) is 32.5. The number of hydrogen-bond donors (Lipinski definition) is 4. The van der Waals surface area contributed by atoms with Gasteiger partial charge in [0.2, 0.25) is 0 Å². The van der Waals surface area contributed by atoms with E-state index in [1.807, 2.05) is 6.07 Å². The molecule has 0 aromatic heterocycles. The van der Waals surface area contributed by atoms with Crippen LogP contribution in [0.2, 0.25) is 0 Å². The van der Waals surface area contributed by atoms with Crippen molar-refractivity contribution in [2.75, 3.05) is 6.61 Å². The lowest BCUT2D eigenvalue weighted by molar-refractivity contribution is -0.260. The maximum absolute atomic E-state index is 12.1. The van der Waals surface area contributed by atoms with Crippen LogP contribution < -0.4 is 5.73 Å². The quantitative estimate of drug-likeness (QED) is 0.508. The molecule has 23 heavy (non-hydrogen) atoms. The van der Waals surface area contributed by atoms with Gasteiger partial charge < -0.3 is 30.5 Å². The largest absolute Gasteiger partial charge is 0.394 e. The number of carbonyl (C=O) groups excluding carboxylic acids is 1. The Kier molecular flexibility index (Phi) is 6.23. The lowest BCUT2D eigenvalue weighted by atomic mass is 9.97. The summed E-state index contributed by atoms with van der Waals surface area (Å²) in [6.07, 6.45) is -3.81. The van der Waals surface area contributed by atoms with Crippen LogP contribution in [-0.2, 0) is 9.47 Å². The molecule has 1 fully saturated rings. The number of Topliss-reactive ketones (excluding diaryl/α,β-unsaturated/α-hetero) is 1. The van der Waals surface area contributed by atoms with Gasteiger partial charge in [0.1, 0.15) is 18.3 Å². The number of hydrogen-bond acceptors (Lipinski definition) is 7. The summed E-state index contributed by atoms with van der Waals surface area (Å²) < 4.78 is 10.6. The van der Waals surface area contributed by atoms with E-state index in [1.165, 1.54) is 6.42 Å². The van der Waals surface area contributed by atoms with Crippen LogP contribution in [0, 0.1) is 6.42 Å². The molecule has 0 amide bonds. The number of ether oxygens (including phenoxy) is 2. The van der Waals surface area contributed by atoms with E-state index in [4.69, 9.17) is 20.3 Å². The molecule has 1 aromatic rings. The first-order valence-electron chi connectivity index (χ1n) is 7.41.